The second-order valence-electron chi connectivity index (χ2n) is 5.78. The molecule has 2 fully saturated rings. The monoisotopic (exact) mass is 293 g/mol. The van der Waals surface area contributed by atoms with Gasteiger partial charge < -0.3 is 5.32 Å². The fourth-order valence-corrected chi connectivity index (χ4v) is 5.69. The number of fused-ring (bicyclic) bond motifs is 1. The SMILES string of the molecule is C1CCC2(C1)CCCN2.c1ccc2c(c1)CCSS2. The largest absolute Gasteiger partial charge is 0.311 e. The molecule has 0 aromatic heterocycles. The van der Waals surface area contributed by atoms with E-state index in [4.69, 9.17) is 0 Å². The van der Waals surface area contributed by atoms with Crippen LogP contribution < -0.4 is 5.32 Å². The highest BCUT2D eigenvalue weighted by Gasteiger charge is 2.35. The molecule has 0 amide bonds. The maximum atomic E-state index is 3.63. The van der Waals surface area contributed by atoms with Crippen molar-refractivity contribution < 1.29 is 0 Å². The zero-order valence-corrected chi connectivity index (χ0v) is 13.1. The minimum Gasteiger partial charge on any atom is -0.311 e. The summed E-state index contributed by atoms with van der Waals surface area (Å²) < 4.78 is 0. The van der Waals surface area contributed by atoms with E-state index in [1.807, 2.05) is 21.6 Å². The Morgan fingerprint density at radius 2 is 1.79 bits per heavy atom. The van der Waals surface area contributed by atoms with E-state index in [0.29, 0.717) is 5.54 Å². The predicted molar refractivity (Wildman–Crippen MR) is 86.9 cm³/mol. The highest BCUT2D eigenvalue weighted by molar-refractivity contribution is 8.76. The summed E-state index contributed by atoms with van der Waals surface area (Å²) >= 11 is 0. The van der Waals surface area contributed by atoms with Gasteiger partial charge in [0.2, 0.25) is 0 Å². The second-order valence-corrected chi connectivity index (χ2v) is 8.24. The van der Waals surface area contributed by atoms with E-state index < -0.39 is 0 Å². The van der Waals surface area contributed by atoms with Gasteiger partial charge in [0.05, 0.1) is 0 Å². The van der Waals surface area contributed by atoms with E-state index in [9.17, 15) is 0 Å². The molecule has 0 atom stereocenters. The summed E-state index contributed by atoms with van der Waals surface area (Å²) in [5.74, 6) is 1.27. The summed E-state index contributed by atoms with van der Waals surface area (Å²) in [6.45, 7) is 1.28. The molecule has 1 spiro atoms. The van der Waals surface area contributed by atoms with Gasteiger partial charge in [0.25, 0.3) is 0 Å². The number of hydrogen-bond acceptors (Lipinski definition) is 3. The predicted octanol–water partition coefficient (Wildman–Crippen LogP) is 4.67. The summed E-state index contributed by atoms with van der Waals surface area (Å²) in [5, 5.41) is 3.63. The van der Waals surface area contributed by atoms with Crippen LogP contribution in [-0.4, -0.2) is 17.8 Å². The lowest BCUT2D eigenvalue weighted by Gasteiger charge is -2.22. The Hall–Kier alpha value is -0.120. The van der Waals surface area contributed by atoms with Crippen LogP contribution in [0.2, 0.25) is 0 Å². The van der Waals surface area contributed by atoms with Gasteiger partial charge in [0, 0.05) is 16.2 Å². The molecule has 3 heteroatoms. The summed E-state index contributed by atoms with van der Waals surface area (Å²) in [4.78, 5) is 1.46. The standard InChI is InChI=1S/C8H15N.C8H8S2/c1-2-5-8(4-1)6-3-7-9-8;1-2-4-8-7(3-1)5-6-9-10-8/h9H,1-7H2;1-4H,5-6H2. The first-order chi connectivity index (χ1) is 9.38. The first kappa shape index (κ1) is 13.8. The average molecular weight is 294 g/mol. The van der Waals surface area contributed by atoms with Crippen molar-refractivity contribution in [3.8, 4) is 0 Å². The molecule has 2 aliphatic heterocycles. The van der Waals surface area contributed by atoms with Crippen LogP contribution in [0.15, 0.2) is 29.2 Å². The molecule has 1 saturated carbocycles. The van der Waals surface area contributed by atoms with Gasteiger partial charge in [-0.25, -0.2) is 0 Å². The summed E-state index contributed by atoms with van der Waals surface area (Å²) in [6.07, 6.45) is 9.95. The van der Waals surface area contributed by atoms with Crippen molar-refractivity contribution >= 4 is 21.6 Å². The third kappa shape index (κ3) is 3.50. The zero-order chi connectivity index (χ0) is 13.0. The topological polar surface area (TPSA) is 12.0 Å². The molecule has 1 aliphatic carbocycles. The summed E-state index contributed by atoms with van der Waals surface area (Å²) in [6, 6.07) is 8.65. The van der Waals surface area contributed by atoms with Crippen LogP contribution in [0, 0.1) is 0 Å². The van der Waals surface area contributed by atoms with E-state index in [0.717, 1.165) is 0 Å². The maximum Gasteiger partial charge on any atom is 0.0215 e. The van der Waals surface area contributed by atoms with Gasteiger partial charge in [-0.2, -0.15) is 0 Å². The minimum atomic E-state index is 0.639. The van der Waals surface area contributed by atoms with Gasteiger partial charge in [0.15, 0.2) is 0 Å². The van der Waals surface area contributed by atoms with Crippen LogP contribution in [0.1, 0.15) is 44.1 Å². The minimum absolute atomic E-state index is 0.639. The Morgan fingerprint density at radius 1 is 1.00 bits per heavy atom. The quantitative estimate of drug-likeness (QED) is 0.698. The van der Waals surface area contributed by atoms with E-state index in [1.165, 1.54) is 67.7 Å². The number of benzene rings is 1. The molecule has 1 N–H and O–H groups in total. The molecule has 104 valence electrons. The Kier molecular flexibility index (Phi) is 4.78. The second kappa shape index (κ2) is 6.55. The fraction of sp³-hybridized carbons (Fsp3) is 0.625. The van der Waals surface area contributed by atoms with Crippen LogP contribution in [0.25, 0.3) is 0 Å². The Bertz CT molecular complexity index is 364. The zero-order valence-electron chi connectivity index (χ0n) is 11.5. The van der Waals surface area contributed by atoms with Crippen LogP contribution in [0.3, 0.4) is 0 Å². The lowest BCUT2D eigenvalue weighted by Crippen LogP contribution is -2.35. The van der Waals surface area contributed by atoms with Gasteiger partial charge >= 0.3 is 0 Å². The third-order valence-electron chi connectivity index (χ3n) is 4.47. The molecule has 0 bridgehead atoms. The van der Waals surface area contributed by atoms with Crippen LogP contribution in [0.4, 0.5) is 0 Å². The van der Waals surface area contributed by atoms with E-state index >= 15 is 0 Å². The van der Waals surface area contributed by atoms with Crippen LogP contribution in [-0.2, 0) is 6.42 Å². The van der Waals surface area contributed by atoms with E-state index in [1.54, 1.807) is 0 Å². The van der Waals surface area contributed by atoms with Gasteiger partial charge in [-0.05, 0) is 50.3 Å². The van der Waals surface area contributed by atoms with Crippen LogP contribution >= 0.6 is 21.6 Å². The Morgan fingerprint density at radius 3 is 2.53 bits per heavy atom. The van der Waals surface area contributed by atoms with E-state index in [-0.39, 0.29) is 0 Å². The molecule has 1 aromatic carbocycles. The normalized spacial score (nSPS) is 23.8. The van der Waals surface area contributed by atoms with Crippen molar-refractivity contribution in [2.24, 2.45) is 0 Å². The molecule has 2 heterocycles. The van der Waals surface area contributed by atoms with Crippen molar-refractivity contribution in [3.05, 3.63) is 29.8 Å². The molecule has 1 nitrogen and oxygen atoms in total. The highest BCUT2D eigenvalue weighted by Crippen LogP contribution is 2.38. The van der Waals surface area contributed by atoms with Crippen molar-refractivity contribution in [2.45, 2.75) is 55.4 Å². The molecule has 3 aliphatic rings. The van der Waals surface area contributed by atoms with E-state index in [2.05, 4.69) is 29.6 Å². The lowest BCUT2D eigenvalue weighted by molar-refractivity contribution is 0.388. The van der Waals surface area contributed by atoms with Gasteiger partial charge in [-0.1, -0.05) is 52.6 Å². The fourth-order valence-electron chi connectivity index (χ4n) is 3.40. The first-order valence-corrected chi connectivity index (χ1v) is 9.82. The molecule has 0 radical (unpaired) electrons. The summed E-state index contributed by atoms with van der Waals surface area (Å²) in [7, 11) is 3.86. The Balaban J connectivity index is 0.000000117. The molecule has 1 aromatic rings. The molecular formula is C16H23NS2. The number of rotatable bonds is 0. The molecule has 4 rings (SSSR count). The summed E-state index contributed by atoms with van der Waals surface area (Å²) in [5.41, 5.74) is 2.16. The number of aryl methyl sites for hydroxylation is 1. The lowest BCUT2D eigenvalue weighted by atomic mass is 9.96. The maximum absolute atomic E-state index is 3.63. The molecular weight excluding hydrogens is 270 g/mol. The van der Waals surface area contributed by atoms with Gasteiger partial charge in [-0.3, -0.25) is 0 Å². The van der Waals surface area contributed by atoms with Crippen LogP contribution in [0.5, 0.6) is 0 Å². The van der Waals surface area contributed by atoms with Crippen molar-refractivity contribution in [3.63, 3.8) is 0 Å². The van der Waals surface area contributed by atoms with Gasteiger partial charge in [-0.15, -0.1) is 0 Å². The number of hydrogen-bond donors (Lipinski definition) is 1. The smallest absolute Gasteiger partial charge is 0.0215 e. The molecule has 1 saturated heterocycles. The van der Waals surface area contributed by atoms with Crippen molar-refractivity contribution in [1.29, 1.82) is 0 Å². The Labute approximate surface area is 124 Å². The molecule has 19 heavy (non-hydrogen) atoms. The van der Waals surface area contributed by atoms with Gasteiger partial charge in [0.1, 0.15) is 0 Å². The van der Waals surface area contributed by atoms with Crippen molar-refractivity contribution in [2.75, 3.05) is 12.3 Å². The third-order valence-corrected chi connectivity index (χ3v) is 6.93. The first-order valence-electron chi connectivity index (χ1n) is 7.50. The molecule has 0 unspecified atom stereocenters. The average Bonchev–Trinajstić information content (AvgIpc) is 3.13. The number of nitrogens with one attached hydrogen (secondary N) is 1. The highest BCUT2D eigenvalue weighted by atomic mass is 33.1. The van der Waals surface area contributed by atoms with Crippen molar-refractivity contribution in [1.82, 2.24) is 5.32 Å².